The Morgan fingerprint density at radius 1 is 1.32 bits per heavy atom. The van der Waals surface area contributed by atoms with Gasteiger partial charge in [-0.15, -0.1) is 6.58 Å². The first kappa shape index (κ1) is 15.4. The molecule has 1 aromatic carbocycles. The molecule has 118 valence electrons. The van der Waals surface area contributed by atoms with E-state index in [9.17, 15) is 0 Å². The second kappa shape index (κ2) is 6.29. The van der Waals surface area contributed by atoms with Crippen LogP contribution in [0.3, 0.4) is 0 Å². The Labute approximate surface area is 133 Å². The number of ether oxygens (including phenoxy) is 2. The van der Waals surface area contributed by atoms with Crippen molar-refractivity contribution in [2.45, 2.75) is 44.8 Å². The predicted molar refractivity (Wildman–Crippen MR) is 89.9 cm³/mol. The van der Waals surface area contributed by atoms with Gasteiger partial charge in [0.1, 0.15) is 5.75 Å². The molecule has 0 amide bonds. The first-order chi connectivity index (χ1) is 10.7. The molecule has 3 rings (SSSR count). The minimum atomic E-state index is 0.197. The van der Waals surface area contributed by atoms with E-state index in [4.69, 9.17) is 9.47 Å². The Hall–Kier alpha value is -1.54. The van der Waals surface area contributed by atoms with Crippen LogP contribution in [0.5, 0.6) is 5.75 Å². The fourth-order valence-corrected chi connectivity index (χ4v) is 4.25. The Kier molecular flexibility index (Phi) is 4.39. The number of hydrogen-bond acceptors (Lipinski definition) is 2. The summed E-state index contributed by atoms with van der Waals surface area (Å²) in [7, 11) is 1.69. The number of rotatable bonds is 5. The summed E-state index contributed by atoms with van der Waals surface area (Å²) in [6.45, 7) is 8.96. The van der Waals surface area contributed by atoms with E-state index in [1.165, 1.54) is 30.4 Å². The van der Waals surface area contributed by atoms with Crippen LogP contribution in [0.2, 0.25) is 0 Å². The van der Waals surface area contributed by atoms with Crippen LogP contribution >= 0.6 is 0 Å². The molecule has 0 N–H and O–H groups in total. The van der Waals surface area contributed by atoms with Gasteiger partial charge in [-0.25, -0.2) is 0 Å². The lowest BCUT2D eigenvalue weighted by atomic mass is 9.76. The molecule has 1 aromatic rings. The van der Waals surface area contributed by atoms with E-state index in [0.29, 0.717) is 17.9 Å². The molecule has 2 aliphatic carbocycles. The Bertz CT molecular complexity index is 545. The molecule has 2 saturated carbocycles. The van der Waals surface area contributed by atoms with E-state index in [1.807, 2.05) is 12.1 Å². The summed E-state index contributed by atoms with van der Waals surface area (Å²) in [5, 5.41) is 0. The molecule has 0 bridgehead atoms. The van der Waals surface area contributed by atoms with Crippen molar-refractivity contribution in [3.63, 3.8) is 0 Å². The van der Waals surface area contributed by atoms with E-state index in [-0.39, 0.29) is 6.10 Å². The molecule has 2 fully saturated rings. The normalized spacial score (nSPS) is 30.9. The van der Waals surface area contributed by atoms with Crippen LogP contribution < -0.4 is 4.74 Å². The zero-order valence-electron chi connectivity index (χ0n) is 13.5. The standard InChI is InChI=1S/C20H26O2/c1-4-17-6-5-11-20(17)12-15(2)19(13-20)22-14-16-7-9-18(21-3)10-8-16/h4,7-10,17,19H,1-2,5-6,11-14H2,3H3/t17-,19?,20-/m0/s1. The molecule has 1 spiro atoms. The summed E-state index contributed by atoms with van der Waals surface area (Å²) in [4.78, 5) is 0. The van der Waals surface area contributed by atoms with Gasteiger partial charge in [0, 0.05) is 0 Å². The highest BCUT2D eigenvalue weighted by molar-refractivity contribution is 5.27. The van der Waals surface area contributed by atoms with Gasteiger partial charge in [-0.2, -0.15) is 0 Å². The highest BCUT2D eigenvalue weighted by Crippen LogP contribution is 2.56. The number of allylic oxidation sites excluding steroid dienone is 1. The van der Waals surface area contributed by atoms with E-state index in [2.05, 4.69) is 31.4 Å². The quantitative estimate of drug-likeness (QED) is 0.720. The van der Waals surface area contributed by atoms with Crippen molar-refractivity contribution >= 4 is 0 Å². The van der Waals surface area contributed by atoms with E-state index < -0.39 is 0 Å². The van der Waals surface area contributed by atoms with Gasteiger partial charge in [-0.05, 0) is 60.3 Å². The molecular formula is C20H26O2. The van der Waals surface area contributed by atoms with Crippen molar-refractivity contribution < 1.29 is 9.47 Å². The molecule has 0 saturated heterocycles. The Morgan fingerprint density at radius 3 is 2.77 bits per heavy atom. The highest BCUT2D eigenvalue weighted by atomic mass is 16.5. The summed E-state index contributed by atoms with van der Waals surface area (Å²) < 4.78 is 11.4. The van der Waals surface area contributed by atoms with Crippen molar-refractivity contribution in [3.05, 3.63) is 54.6 Å². The Morgan fingerprint density at radius 2 is 2.09 bits per heavy atom. The molecular weight excluding hydrogens is 272 g/mol. The second-order valence-corrected chi connectivity index (χ2v) is 6.78. The maximum atomic E-state index is 6.18. The maximum Gasteiger partial charge on any atom is 0.118 e. The molecule has 0 aliphatic heterocycles. The molecule has 0 aromatic heterocycles. The third-order valence-corrected chi connectivity index (χ3v) is 5.50. The van der Waals surface area contributed by atoms with Crippen LogP contribution in [-0.2, 0) is 11.3 Å². The van der Waals surface area contributed by atoms with Gasteiger partial charge >= 0.3 is 0 Å². The molecule has 2 aliphatic rings. The zero-order valence-corrected chi connectivity index (χ0v) is 13.5. The SMILES string of the molecule is C=C[C@H]1CCC[C@@]12CC(=C)C(OCc1ccc(OC)cc1)C2. The van der Waals surface area contributed by atoms with Crippen LogP contribution in [0.15, 0.2) is 49.1 Å². The van der Waals surface area contributed by atoms with Crippen LogP contribution in [0.4, 0.5) is 0 Å². The summed E-state index contributed by atoms with van der Waals surface area (Å²) in [5.74, 6) is 1.52. The number of hydrogen-bond donors (Lipinski definition) is 0. The molecule has 22 heavy (non-hydrogen) atoms. The largest absolute Gasteiger partial charge is 0.497 e. The monoisotopic (exact) mass is 298 g/mol. The number of benzene rings is 1. The minimum Gasteiger partial charge on any atom is -0.497 e. The van der Waals surface area contributed by atoms with Crippen molar-refractivity contribution in [3.8, 4) is 5.75 Å². The zero-order chi connectivity index (χ0) is 15.6. The lowest BCUT2D eigenvalue weighted by Crippen LogP contribution is -2.22. The van der Waals surface area contributed by atoms with Gasteiger partial charge in [0.25, 0.3) is 0 Å². The van der Waals surface area contributed by atoms with Crippen molar-refractivity contribution in [1.82, 2.24) is 0 Å². The number of methoxy groups -OCH3 is 1. The molecule has 2 heteroatoms. The fourth-order valence-electron chi connectivity index (χ4n) is 4.25. The molecule has 0 radical (unpaired) electrons. The van der Waals surface area contributed by atoms with Crippen LogP contribution in [0.1, 0.15) is 37.7 Å². The van der Waals surface area contributed by atoms with Crippen LogP contribution in [-0.4, -0.2) is 13.2 Å². The third kappa shape index (κ3) is 2.85. The average Bonchev–Trinajstić information content (AvgIpc) is 3.08. The van der Waals surface area contributed by atoms with Gasteiger partial charge in [0.2, 0.25) is 0 Å². The van der Waals surface area contributed by atoms with Crippen LogP contribution in [0, 0.1) is 11.3 Å². The minimum absolute atomic E-state index is 0.197. The van der Waals surface area contributed by atoms with Gasteiger partial charge in [0.15, 0.2) is 0 Å². The van der Waals surface area contributed by atoms with Crippen LogP contribution in [0.25, 0.3) is 0 Å². The predicted octanol–water partition coefficient (Wildman–Crippen LogP) is 4.90. The van der Waals surface area contributed by atoms with Crippen molar-refractivity contribution in [2.24, 2.45) is 11.3 Å². The first-order valence-electron chi connectivity index (χ1n) is 8.21. The average molecular weight is 298 g/mol. The van der Waals surface area contributed by atoms with E-state index in [1.54, 1.807) is 7.11 Å². The summed E-state index contributed by atoms with van der Waals surface area (Å²) in [6.07, 6.45) is 8.46. The van der Waals surface area contributed by atoms with E-state index >= 15 is 0 Å². The van der Waals surface area contributed by atoms with Gasteiger partial charge in [-0.1, -0.05) is 31.2 Å². The lowest BCUT2D eigenvalue weighted by molar-refractivity contribution is 0.0507. The van der Waals surface area contributed by atoms with Gasteiger partial charge in [-0.3, -0.25) is 0 Å². The van der Waals surface area contributed by atoms with E-state index in [0.717, 1.165) is 18.6 Å². The molecule has 1 unspecified atom stereocenters. The second-order valence-electron chi connectivity index (χ2n) is 6.78. The molecule has 2 nitrogen and oxygen atoms in total. The lowest BCUT2D eigenvalue weighted by Gasteiger charge is -2.29. The molecule has 3 atom stereocenters. The topological polar surface area (TPSA) is 18.5 Å². The summed E-state index contributed by atoms with van der Waals surface area (Å²) in [5.41, 5.74) is 2.83. The highest BCUT2D eigenvalue weighted by Gasteiger charge is 2.48. The summed E-state index contributed by atoms with van der Waals surface area (Å²) in [6, 6.07) is 8.09. The fraction of sp³-hybridized carbons (Fsp3) is 0.500. The van der Waals surface area contributed by atoms with Crippen molar-refractivity contribution in [2.75, 3.05) is 7.11 Å². The first-order valence-corrected chi connectivity index (χ1v) is 8.21. The van der Waals surface area contributed by atoms with Gasteiger partial charge < -0.3 is 9.47 Å². The molecule has 0 heterocycles. The smallest absolute Gasteiger partial charge is 0.118 e. The summed E-state index contributed by atoms with van der Waals surface area (Å²) >= 11 is 0. The maximum absolute atomic E-state index is 6.18. The Balaban J connectivity index is 1.61. The van der Waals surface area contributed by atoms with Crippen molar-refractivity contribution in [1.29, 1.82) is 0 Å². The van der Waals surface area contributed by atoms with Gasteiger partial charge in [0.05, 0.1) is 19.8 Å². The third-order valence-electron chi connectivity index (χ3n) is 5.50.